The van der Waals surface area contributed by atoms with E-state index in [0.717, 1.165) is 42.6 Å². The van der Waals surface area contributed by atoms with Crippen LogP contribution in [0.15, 0.2) is 0 Å². The molecular weight excluding hydrogens is 405 g/mol. The molecule has 0 aromatic heterocycles. The van der Waals surface area contributed by atoms with Crippen molar-refractivity contribution in [2.75, 3.05) is 17.5 Å². The van der Waals surface area contributed by atoms with Crippen LogP contribution in [-0.4, -0.2) is 45.8 Å². The Bertz CT molecular complexity index is 410. The SMILES string of the molecule is CC1CCCC(OC2(CI)CCCN(C(=O)OC(C)(C)C)C2)C1. The van der Waals surface area contributed by atoms with E-state index < -0.39 is 5.60 Å². The molecule has 23 heavy (non-hydrogen) atoms. The second-order valence-electron chi connectivity index (χ2n) is 8.33. The standard InChI is InChI=1S/C18H32INO3/c1-14-7-5-8-15(11-14)22-18(12-19)9-6-10-20(13-18)16(21)23-17(2,3)4/h14-15H,5-13H2,1-4H3. The fraction of sp³-hybridized carbons (Fsp3) is 0.944. The molecule has 0 aromatic rings. The molecule has 0 aromatic carbocycles. The summed E-state index contributed by atoms with van der Waals surface area (Å²) in [6.45, 7) is 9.51. The molecule has 1 aliphatic heterocycles. The molecule has 5 heteroatoms. The number of piperidine rings is 1. The van der Waals surface area contributed by atoms with Gasteiger partial charge < -0.3 is 14.4 Å². The lowest BCUT2D eigenvalue weighted by atomic mass is 9.87. The lowest BCUT2D eigenvalue weighted by Gasteiger charge is -2.44. The van der Waals surface area contributed by atoms with E-state index in [1.807, 2.05) is 25.7 Å². The summed E-state index contributed by atoms with van der Waals surface area (Å²) < 4.78 is 13.1. The maximum atomic E-state index is 12.4. The number of carbonyl (C=O) groups is 1. The van der Waals surface area contributed by atoms with Crippen molar-refractivity contribution in [3.8, 4) is 0 Å². The van der Waals surface area contributed by atoms with E-state index in [2.05, 4.69) is 29.5 Å². The summed E-state index contributed by atoms with van der Waals surface area (Å²) >= 11 is 2.42. The van der Waals surface area contributed by atoms with Gasteiger partial charge in [0, 0.05) is 11.0 Å². The molecule has 1 heterocycles. The van der Waals surface area contributed by atoms with Gasteiger partial charge in [-0.05, 0) is 52.4 Å². The van der Waals surface area contributed by atoms with Crippen molar-refractivity contribution < 1.29 is 14.3 Å². The van der Waals surface area contributed by atoms with Crippen LogP contribution in [0.1, 0.15) is 66.2 Å². The van der Waals surface area contributed by atoms with Crippen molar-refractivity contribution in [3.63, 3.8) is 0 Å². The van der Waals surface area contributed by atoms with Crippen molar-refractivity contribution in [3.05, 3.63) is 0 Å². The largest absolute Gasteiger partial charge is 0.444 e. The van der Waals surface area contributed by atoms with Gasteiger partial charge in [0.15, 0.2) is 0 Å². The third-order valence-electron chi connectivity index (χ3n) is 4.74. The van der Waals surface area contributed by atoms with Gasteiger partial charge in [0.2, 0.25) is 0 Å². The molecule has 0 spiro atoms. The summed E-state index contributed by atoms with van der Waals surface area (Å²) in [5.41, 5.74) is -0.640. The van der Waals surface area contributed by atoms with Crippen LogP contribution < -0.4 is 0 Å². The van der Waals surface area contributed by atoms with Crippen LogP contribution in [0.2, 0.25) is 0 Å². The number of ether oxygens (including phenoxy) is 2. The van der Waals surface area contributed by atoms with Crippen LogP contribution in [0.3, 0.4) is 0 Å². The van der Waals surface area contributed by atoms with E-state index in [0.29, 0.717) is 12.6 Å². The maximum Gasteiger partial charge on any atom is 0.410 e. The Hall–Kier alpha value is -0.0400. The highest BCUT2D eigenvalue weighted by molar-refractivity contribution is 14.1. The van der Waals surface area contributed by atoms with Gasteiger partial charge in [0.05, 0.1) is 18.2 Å². The predicted molar refractivity (Wildman–Crippen MR) is 101 cm³/mol. The molecule has 3 unspecified atom stereocenters. The quantitative estimate of drug-likeness (QED) is 0.471. The number of nitrogens with zero attached hydrogens (tertiary/aromatic N) is 1. The number of alkyl halides is 1. The number of hydrogen-bond donors (Lipinski definition) is 0. The van der Waals surface area contributed by atoms with Gasteiger partial charge in [-0.3, -0.25) is 0 Å². The number of hydrogen-bond acceptors (Lipinski definition) is 3. The van der Waals surface area contributed by atoms with Crippen LogP contribution in [0, 0.1) is 5.92 Å². The minimum absolute atomic E-state index is 0.197. The van der Waals surface area contributed by atoms with Crippen LogP contribution >= 0.6 is 22.6 Å². The highest BCUT2D eigenvalue weighted by Gasteiger charge is 2.40. The first-order valence-corrected chi connectivity index (χ1v) is 10.5. The first-order valence-electron chi connectivity index (χ1n) is 8.95. The highest BCUT2D eigenvalue weighted by Crippen LogP contribution is 2.34. The van der Waals surface area contributed by atoms with Crippen molar-refractivity contribution >= 4 is 28.7 Å². The summed E-state index contributed by atoms with van der Waals surface area (Å²) in [4.78, 5) is 14.3. The average molecular weight is 437 g/mol. The lowest BCUT2D eigenvalue weighted by molar-refractivity contribution is -0.125. The van der Waals surface area contributed by atoms with Crippen molar-refractivity contribution in [2.45, 2.75) is 83.5 Å². The van der Waals surface area contributed by atoms with E-state index in [9.17, 15) is 4.79 Å². The van der Waals surface area contributed by atoms with Gasteiger partial charge in [-0.25, -0.2) is 4.79 Å². The zero-order chi connectivity index (χ0) is 17.1. The molecule has 2 aliphatic rings. The molecule has 1 amide bonds. The van der Waals surface area contributed by atoms with E-state index in [4.69, 9.17) is 9.47 Å². The number of rotatable bonds is 3. The third kappa shape index (κ3) is 5.76. The zero-order valence-electron chi connectivity index (χ0n) is 15.1. The summed E-state index contributed by atoms with van der Waals surface area (Å²) in [5, 5.41) is 0. The number of likely N-dealkylation sites (tertiary alicyclic amines) is 1. The lowest BCUT2D eigenvalue weighted by Crippen LogP contribution is -2.55. The summed E-state index contributed by atoms with van der Waals surface area (Å²) in [6.07, 6.45) is 7.09. The average Bonchev–Trinajstić information content (AvgIpc) is 2.46. The second kappa shape index (κ2) is 7.89. The zero-order valence-corrected chi connectivity index (χ0v) is 17.2. The molecule has 0 N–H and O–H groups in total. The molecule has 0 radical (unpaired) electrons. The maximum absolute atomic E-state index is 12.4. The van der Waals surface area contributed by atoms with E-state index in [1.165, 1.54) is 12.8 Å². The number of amides is 1. The monoisotopic (exact) mass is 437 g/mol. The normalized spacial score (nSPS) is 32.7. The molecule has 1 aliphatic carbocycles. The van der Waals surface area contributed by atoms with E-state index in [-0.39, 0.29) is 11.7 Å². The van der Waals surface area contributed by atoms with Crippen molar-refractivity contribution in [2.24, 2.45) is 5.92 Å². The van der Waals surface area contributed by atoms with Crippen LogP contribution in [0.25, 0.3) is 0 Å². The summed E-state index contributed by atoms with van der Waals surface area (Å²) in [6, 6.07) is 0. The Kier molecular flexibility index (Phi) is 6.62. The fourth-order valence-corrected chi connectivity index (χ4v) is 4.46. The van der Waals surface area contributed by atoms with Crippen molar-refractivity contribution in [1.29, 1.82) is 0 Å². The van der Waals surface area contributed by atoms with Crippen molar-refractivity contribution in [1.82, 2.24) is 4.90 Å². The van der Waals surface area contributed by atoms with Crippen LogP contribution in [-0.2, 0) is 9.47 Å². The summed E-state index contributed by atoms with van der Waals surface area (Å²) in [5.74, 6) is 0.755. The third-order valence-corrected chi connectivity index (χ3v) is 6.13. The predicted octanol–water partition coefficient (Wildman–Crippen LogP) is 4.79. The molecule has 3 atom stereocenters. The number of carbonyl (C=O) groups excluding carboxylic acids is 1. The van der Waals surface area contributed by atoms with Crippen LogP contribution in [0.5, 0.6) is 0 Å². The Morgan fingerprint density at radius 2 is 2.04 bits per heavy atom. The molecular formula is C18H32INO3. The van der Waals surface area contributed by atoms with E-state index in [1.54, 1.807) is 0 Å². The Labute approximate surface area is 154 Å². The molecule has 1 saturated carbocycles. The fourth-order valence-electron chi connectivity index (χ4n) is 3.66. The number of halogens is 1. The molecule has 2 fully saturated rings. The Morgan fingerprint density at radius 3 is 2.65 bits per heavy atom. The summed E-state index contributed by atoms with van der Waals surface area (Å²) in [7, 11) is 0. The van der Waals surface area contributed by atoms with E-state index >= 15 is 0 Å². The smallest absolute Gasteiger partial charge is 0.410 e. The molecule has 1 saturated heterocycles. The second-order valence-corrected chi connectivity index (χ2v) is 9.10. The van der Waals surface area contributed by atoms with Gasteiger partial charge in [0.25, 0.3) is 0 Å². The molecule has 134 valence electrons. The van der Waals surface area contributed by atoms with Gasteiger partial charge in [-0.1, -0.05) is 42.4 Å². The minimum Gasteiger partial charge on any atom is -0.444 e. The van der Waals surface area contributed by atoms with Gasteiger partial charge in [0.1, 0.15) is 5.60 Å². The van der Waals surface area contributed by atoms with Gasteiger partial charge >= 0.3 is 6.09 Å². The van der Waals surface area contributed by atoms with Crippen LogP contribution in [0.4, 0.5) is 4.79 Å². The van der Waals surface area contributed by atoms with Gasteiger partial charge in [-0.15, -0.1) is 0 Å². The van der Waals surface area contributed by atoms with Gasteiger partial charge in [-0.2, -0.15) is 0 Å². The molecule has 0 bridgehead atoms. The highest BCUT2D eigenvalue weighted by atomic mass is 127. The Balaban J connectivity index is 1.99. The Morgan fingerprint density at radius 1 is 1.30 bits per heavy atom. The molecule has 2 rings (SSSR count). The first kappa shape index (κ1) is 19.3. The molecule has 4 nitrogen and oxygen atoms in total. The minimum atomic E-state index is -0.443. The first-order chi connectivity index (χ1) is 10.7. The topological polar surface area (TPSA) is 38.8 Å².